The first-order valence-electron chi connectivity index (χ1n) is 7.06. The van der Waals surface area contributed by atoms with Crippen molar-refractivity contribution in [3.05, 3.63) is 63.9 Å². The number of pyridine rings is 1. The molecule has 0 radical (unpaired) electrons. The average molecular weight is 345 g/mol. The molecule has 0 aliphatic heterocycles. The summed E-state index contributed by atoms with van der Waals surface area (Å²) in [6, 6.07) is 12.0. The molecule has 108 valence electrons. The number of amides is 1. The van der Waals surface area contributed by atoms with E-state index in [2.05, 4.69) is 26.2 Å². The van der Waals surface area contributed by atoms with E-state index in [-0.39, 0.29) is 11.3 Å². The summed E-state index contributed by atoms with van der Waals surface area (Å²) in [5.41, 5.74) is 2.79. The molecule has 1 fully saturated rings. The van der Waals surface area contributed by atoms with Crippen LogP contribution in [0.5, 0.6) is 0 Å². The predicted molar refractivity (Wildman–Crippen MR) is 85.9 cm³/mol. The highest BCUT2D eigenvalue weighted by Crippen LogP contribution is 2.48. The summed E-state index contributed by atoms with van der Waals surface area (Å²) in [5, 5.41) is 3.04. The molecule has 0 unspecified atom stereocenters. The summed E-state index contributed by atoms with van der Waals surface area (Å²) in [4.78, 5) is 16.8. The third-order valence-corrected chi connectivity index (χ3v) is 4.54. The Bertz CT molecular complexity index is 645. The van der Waals surface area contributed by atoms with Crippen LogP contribution in [-0.4, -0.2) is 10.9 Å². The highest BCUT2D eigenvalue weighted by molar-refractivity contribution is 9.10. The first-order valence-corrected chi connectivity index (χ1v) is 7.85. The monoisotopic (exact) mass is 344 g/mol. The van der Waals surface area contributed by atoms with E-state index in [0.717, 1.165) is 34.1 Å². The molecule has 1 aliphatic rings. The molecule has 1 amide bonds. The summed E-state index contributed by atoms with van der Waals surface area (Å²) in [6.07, 6.45) is 3.66. The zero-order chi connectivity index (χ0) is 14.9. The number of nitrogens with one attached hydrogen (secondary N) is 1. The molecule has 1 heterocycles. The Morgan fingerprint density at radius 2 is 1.95 bits per heavy atom. The van der Waals surface area contributed by atoms with E-state index in [0.29, 0.717) is 6.54 Å². The Balaban J connectivity index is 1.67. The molecule has 1 aromatic carbocycles. The van der Waals surface area contributed by atoms with Gasteiger partial charge in [-0.2, -0.15) is 0 Å². The minimum absolute atomic E-state index is 0.116. The van der Waals surface area contributed by atoms with Crippen molar-refractivity contribution in [1.82, 2.24) is 10.3 Å². The molecule has 3 nitrogen and oxygen atoms in total. The van der Waals surface area contributed by atoms with Crippen LogP contribution in [0.4, 0.5) is 0 Å². The standard InChI is InChI=1S/C17H17BrN2O/c1-12-2-3-13(10-19-12)11-20-16(21)17(8-9-17)14-4-6-15(18)7-5-14/h2-7,10H,8-9,11H2,1H3,(H,20,21). The number of aromatic nitrogens is 1. The van der Waals surface area contributed by atoms with Gasteiger partial charge in [0.1, 0.15) is 0 Å². The number of nitrogens with zero attached hydrogens (tertiary/aromatic N) is 1. The van der Waals surface area contributed by atoms with Crippen LogP contribution >= 0.6 is 15.9 Å². The lowest BCUT2D eigenvalue weighted by Gasteiger charge is -2.16. The van der Waals surface area contributed by atoms with E-state index in [9.17, 15) is 4.79 Å². The Labute approximate surface area is 132 Å². The Kier molecular flexibility index (Phi) is 3.81. The van der Waals surface area contributed by atoms with E-state index >= 15 is 0 Å². The normalized spacial score (nSPS) is 15.5. The van der Waals surface area contributed by atoms with Gasteiger partial charge in [-0.05, 0) is 49.1 Å². The fourth-order valence-electron chi connectivity index (χ4n) is 2.50. The molecule has 1 aromatic heterocycles. The maximum atomic E-state index is 12.5. The van der Waals surface area contributed by atoms with Gasteiger partial charge in [-0.15, -0.1) is 0 Å². The van der Waals surface area contributed by atoms with Gasteiger partial charge >= 0.3 is 0 Å². The van der Waals surface area contributed by atoms with Gasteiger partial charge in [0.2, 0.25) is 5.91 Å². The molecule has 0 bridgehead atoms. The maximum Gasteiger partial charge on any atom is 0.230 e. The zero-order valence-electron chi connectivity index (χ0n) is 11.9. The summed E-state index contributed by atoms with van der Waals surface area (Å²) in [7, 11) is 0. The number of carbonyl (C=O) groups excluding carboxylic acids is 1. The zero-order valence-corrected chi connectivity index (χ0v) is 13.5. The van der Waals surface area contributed by atoms with E-state index < -0.39 is 0 Å². The molecular weight excluding hydrogens is 328 g/mol. The molecular formula is C17H17BrN2O. The second kappa shape index (κ2) is 5.60. The molecule has 2 aromatic rings. The van der Waals surface area contributed by atoms with Crippen LogP contribution in [0.3, 0.4) is 0 Å². The lowest BCUT2D eigenvalue weighted by atomic mass is 9.95. The van der Waals surface area contributed by atoms with Gasteiger partial charge in [0.05, 0.1) is 5.41 Å². The topological polar surface area (TPSA) is 42.0 Å². The van der Waals surface area contributed by atoms with Gasteiger partial charge in [-0.1, -0.05) is 34.1 Å². The molecule has 4 heteroatoms. The van der Waals surface area contributed by atoms with Crippen molar-refractivity contribution in [2.75, 3.05) is 0 Å². The number of hydrogen-bond donors (Lipinski definition) is 1. The fraction of sp³-hybridized carbons (Fsp3) is 0.294. The molecule has 0 saturated heterocycles. The van der Waals surface area contributed by atoms with Gasteiger partial charge in [-0.3, -0.25) is 9.78 Å². The molecule has 1 saturated carbocycles. The Morgan fingerprint density at radius 3 is 2.52 bits per heavy atom. The van der Waals surface area contributed by atoms with E-state index in [1.165, 1.54) is 0 Å². The van der Waals surface area contributed by atoms with Crippen molar-refractivity contribution in [2.45, 2.75) is 31.7 Å². The number of hydrogen-bond acceptors (Lipinski definition) is 2. The van der Waals surface area contributed by atoms with Crippen LogP contribution in [-0.2, 0) is 16.8 Å². The van der Waals surface area contributed by atoms with Crippen LogP contribution in [0, 0.1) is 6.92 Å². The van der Waals surface area contributed by atoms with Gasteiger partial charge in [0.25, 0.3) is 0 Å². The lowest BCUT2D eigenvalue weighted by molar-refractivity contribution is -0.123. The molecule has 1 aliphatic carbocycles. The third kappa shape index (κ3) is 3.00. The summed E-state index contributed by atoms with van der Waals surface area (Å²) < 4.78 is 1.04. The third-order valence-electron chi connectivity index (χ3n) is 4.01. The smallest absolute Gasteiger partial charge is 0.230 e. The lowest BCUT2D eigenvalue weighted by Crippen LogP contribution is -2.34. The van der Waals surface area contributed by atoms with Crippen LogP contribution in [0.2, 0.25) is 0 Å². The number of aryl methyl sites for hydroxylation is 1. The Morgan fingerprint density at radius 1 is 1.24 bits per heavy atom. The van der Waals surface area contributed by atoms with Crippen molar-refractivity contribution >= 4 is 21.8 Å². The van der Waals surface area contributed by atoms with Crippen LogP contribution in [0.1, 0.15) is 29.7 Å². The second-order valence-electron chi connectivity index (χ2n) is 5.58. The second-order valence-corrected chi connectivity index (χ2v) is 6.50. The summed E-state index contributed by atoms with van der Waals surface area (Å²) in [5.74, 6) is 0.116. The quantitative estimate of drug-likeness (QED) is 0.922. The maximum absolute atomic E-state index is 12.5. The highest BCUT2D eigenvalue weighted by atomic mass is 79.9. The van der Waals surface area contributed by atoms with Crippen LogP contribution in [0.25, 0.3) is 0 Å². The molecule has 21 heavy (non-hydrogen) atoms. The summed E-state index contributed by atoms with van der Waals surface area (Å²) in [6.45, 7) is 2.49. The first kappa shape index (κ1) is 14.3. The molecule has 0 spiro atoms. The largest absolute Gasteiger partial charge is 0.351 e. The number of carbonyl (C=O) groups is 1. The SMILES string of the molecule is Cc1ccc(CNC(=O)C2(c3ccc(Br)cc3)CC2)cn1. The van der Waals surface area contributed by atoms with E-state index in [1.54, 1.807) is 0 Å². The van der Waals surface area contributed by atoms with Crippen molar-refractivity contribution in [2.24, 2.45) is 0 Å². The predicted octanol–water partition coefficient (Wildman–Crippen LogP) is 3.50. The van der Waals surface area contributed by atoms with Gasteiger partial charge in [-0.25, -0.2) is 0 Å². The number of rotatable bonds is 4. The highest BCUT2D eigenvalue weighted by Gasteiger charge is 2.50. The van der Waals surface area contributed by atoms with Crippen molar-refractivity contribution in [1.29, 1.82) is 0 Å². The number of halogens is 1. The van der Waals surface area contributed by atoms with Crippen LogP contribution in [0.15, 0.2) is 47.1 Å². The Hall–Kier alpha value is -1.68. The van der Waals surface area contributed by atoms with E-state index in [4.69, 9.17) is 0 Å². The van der Waals surface area contributed by atoms with E-state index in [1.807, 2.05) is 49.5 Å². The van der Waals surface area contributed by atoms with Crippen LogP contribution < -0.4 is 5.32 Å². The summed E-state index contributed by atoms with van der Waals surface area (Å²) >= 11 is 3.43. The molecule has 0 atom stereocenters. The fourth-order valence-corrected chi connectivity index (χ4v) is 2.76. The van der Waals surface area contributed by atoms with Gasteiger partial charge in [0.15, 0.2) is 0 Å². The van der Waals surface area contributed by atoms with Gasteiger partial charge in [0, 0.05) is 22.9 Å². The average Bonchev–Trinajstić information content (AvgIpc) is 3.29. The van der Waals surface area contributed by atoms with Crippen molar-refractivity contribution in [3.63, 3.8) is 0 Å². The van der Waals surface area contributed by atoms with Crippen molar-refractivity contribution < 1.29 is 4.79 Å². The number of benzene rings is 1. The minimum atomic E-state index is -0.321. The molecule has 3 rings (SSSR count). The van der Waals surface area contributed by atoms with Gasteiger partial charge < -0.3 is 5.32 Å². The minimum Gasteiger partial charge on any atom is -0.351 e. The van der Waals surface area contributed by atoms with Crippen molar-refractivity contribution in [3.8, 4) is 0 Å². The first-order chi connectivity index (χ1) is 10.1. The molecule has 1 N–H and O–H groups in total.